The van der Waals surface area contributed by atoms with Crippen LogP contribution in [0, 0.1) is 29.1 Å². The van der Waals surface area contributed by atoms with Crippen LogP contribution in [-0.2, 0) is 0 Å². The van der Waals surface area contributed by atoms with E-state index in [4.69, 9.17) is 0 Å². The number of nitrogens with one attached hydrogen (secondary N) is 1. The Morgan fingerprint density at radius 2 is 1.59 bits per heavy atom. The normalized spacial score (nSPS) is 19.0. The molecule has 0 heterocycles. The van der Waals surface area contributed by atoms with Crippen molar-refractivity contribution in [3.8, 4) is 0 Å². The summed E-state index contributed by atoms with van der Waals surface area (Å²) in [5, 5.41) is 3.34. The monoisotopic (exact) mass is 311 g/mol. The van der Waals surface area contributed by atoms with E-state index in [9.17, 15) is 0 Å². The maximum absolute atomic E-state index is 3.34. The molecule has 1 nitrogen and oxygen atoms in total. The molecule has 0 aromatic rings. The van der Waals surface area contributed by atoms with E-state index in [1.54, 1.807) is 0 Å². The van der Waals surface area contributed by atoms with Crippen LogP contribution in [0.15, 0.2) is 0 Å². The average Bonchev–Trinajstić information content (AvgIpc) is 2.48. The molecule has 0 saturated carbocycles. The Hall–Kier alpha value is -0.0400. The van der Waals surface area contributed by atoms with E-state index < -0.39 is 0 Å². The summed E-state index contributed by atoms with van der Waals surface area (Å²) in [4.78, 5) is 0. The van der Waals surface area contributed by atoms with Gasteiger partial charge in [-0.05, 0) is 68.4 Å². The summed E-state index contributed by atoms with van der Waals surface area (Å²) >= 11 is 0. The molecule has 4 atom stereocenters. The zero-order valence-electron chi connectivity index (χ0n) is 17.0. The van der Waals surface area contributed by atoms with Gasteiger partial charge in [-0.25, -0.2) is 0 Å². The lowest BCUT2D eigenvalue weighted by atomic mass is 9.69. The molecule has 0 aliphatic carbocycles. The predicted molar refractivity (Wildman–Crippen MR) is 102 cm³/mol. The lowest BCUT2D eigenvalue weighted by Gasteiger charge is -2.36. The van der Waals surface area contributed by atoms with Gasteiger partial charge in [0.25, 0.3) is 0 Å². The van der Waals surface area contributed by atoms with Crippen LogP contribution in [0.25, 0.3) is 0 Å². The van der Waals surface area contributed by atoms with Crippen molar-refractivity contribution >= 4 is 0 Å². The molecule has 0 aromatic heterocycles. The van der Waals surface area contributed by atoms with Gasteiger partial charge in [-0.1, -0.05) is 67.7 Å². The Kier molecular flexibility index (Phi) is 11.5. The second kappa shape index (κ2) is 11.5. The highest BCUT2D eigenvalue weighted by Gasteiger charge is 2.29. The molecule has 0 fully saturated rings. The van der Waals surface area contributed by atoms with Gasteiger partial charge >= 0.3 is 0 Å². The lowest BCUT2D eigenvalue weighted by molar-refractivity contribution is 0.147. The Bertz CT molecular complexity index is 261. The molecule has 1 unspecified atom stereocenters. The Balaban J connectivity index is 4.49. The third kappa shape index (κ3) is 7.99. The van der Waals surface area contributed by atoms with Gasteiger partial charge in [0.15, 0.2) is 0 Å². The minimum absolute atomic E-state index is 0.549. The molecule has 0 aliphatic heterocycles. The predicted octanol–water partition coefficient (Wildman–Crippen LogP) is 6.53. The topological polar surface area (TPSA) is 12.0 Å². The van der Waals surface area contributed by atoms with Gasteiger partial charge in [0.05, 0.1) is 0 Å². The molecule has 1 N–H and O–H groups in total. The summed E-state index contributed by atoms with van der Waals surface area (Å²) in [5.74, 6) is 3.42. The number of rotatable bonds is 13. The van der Waals surface area contributed by atoms with E-state index in [2.05, 4.69) is 60.8 Å². The quantitative estimate of drug-likeness (QED) is 0.408. The van der Waals surface area contributed by atoms with E-state index in [1.807, 2.05) is 0 Å². The SMILES string of the molecule is CCC[C@@](C)(CC)[C@@H](C)CCC(C)[C@H](CCNC)CC(C)C. The molecule has 0 rings (SSSR count). The van der Waals surface area contributed by atoms with Gasteiger partial charge in [0, 0.05) is 0 Å². The third-order valence-corrected chi connectivity index (χ3v) is 6.22. The first kappa shape index (κ1) is 22.0. The first-order valence-electron chi connectivity index (χ1n) is 9.95. The third-order valence-electron chi connectivity index (χ3n) is 6.22. The fraction of sp³-hybridized carbons (Fsp3) is 1.00. The van der Waals surface area contributed by atoms with Crippen molar-refractivity contribution in [1.29, 1.82) is 0 Å². The summed E-state index contributed by atoms with van der Waals surface area (Å²) in [6.07, 6.45) is 9.56. The van der Waals surface area contributed by atoms with Crippen LogP contribution in [0.3, 0.4) is 0 Å². The van der Waals surface area contributed by atoms with Gasteiger partial charge in [-0.2, -0.15) is 0 Å². The maximum Gasteiger partial charge on any atom is -0.00492 e. The highest BCUT2D eigenvalue weighted by atomic mass is 14.8. The summed E-state index contributed by atoms with van der Waals surface area (Å²) in [6.45, 7) is 18.1. The molecular weight excluding hydrogens is 266 g/mol. The van der Waals surface area contributed by atoms with E-state index in [1.165, 1.54) is 51.5 Å². The fourth-order valence-electron chi connectivity index (χ4n) is 4.01. The van der Waals surface area contributed by atoms with Crippen LogP contribution in [0.4, 0.5) is 0 Å². The van der Waals surface area contributed by atoms with Crippen LogP contribution in [-0.4, -0.2) is 13.6 Å². The van der Waals surface area contributed by atoms with Crippen molar-refractivity contribution in [3.63, 3.8) is 0 Å². The van der Waals surface area contributed by atoms with Gasteiger partial charge in [-0.15, -0.1) is 0 Å². The van der Waals surface area contributed by atoms with Crippen molar-refractivity contribution in [2.75, 3.05) is 13.6 Å². The highest BCUT2D eigenvalue weighted by Crippen LogP contribution is 2.40. The molecule has 0 radical (unpaired) electrons. The van der Waals surface area contributed by atoms with Crippen LogP contribution < -0.4 is 5.32 Å². The largest absolute Gasteiger partial charge is 0.320 e. The first-order valence-corrected chi connectivity index (χ1v) is 9.95. The molecule has 0 aromatic carbocycles. The fourth-order valence-corrected chi connectivity index (χ4v) is 4.01. The van der Waals surface area contributed by atoms with Crippen LogP contribution >= 0.6 is 0 Å². The van der Waals surface area contributed by atoms with E-state index in [0.717, 1.165) is 23.7 Å². The van der Waals surface area contributed by atoms with E-state index in [-0.39, 0.29) is 0 Å². The molecule has 0 saturated heterocycles. The van der Waals surface area contributed by atoms with Gasteiger partial charge in [0.2, 0.25) is 0 Å². The number of hydrogen-bond acceptors (Lipinski definition) is 1. The second-order valence-corrected chi connectivity index (χ2v) is 8.50. The smallest absolute Gasteiger partial charge is 0.00492 e. The van der Waals surface area contributed by atoms with Gasteiger partial charge < -0.3 is 5.32 Å². The summed E-state index contributed by atoms with van der Waals surface area (Å²) < 4.78 is 0. The van der Waals surface area contributed by atoms with E-state index >= 15 is 0 Å². The van der Waals surface area contributed by atoms with Crippen molar-refractivity contribution in [3.05, 3.63) is 0 Å². The van der Waals surface area contributed by atoms with Crippen molar-refractivity contribution in [2.24, 2.45) is 29.1 Å². The Labute approximate surface area is 142 Å². The molecule has 0 aliphatic rings. The first-order chi connectivity index (χ1) is 10.3. The average molecular weight is 312 g/mol. The Morgan fingerprint density at radius 3 is 2.05 bits per heavy atom. The van der Waals surface area contributed by atoms with Gasteiger partial charge in [-0.3, -0.25) is 0 Å². The minimum Gasteiger partial charge on any atom is -0.320 e. The van der Waals surface area contributed by atoms with Crippen molar-refractivity contribution < 1.29 is 0 Å². The second-order valence-electron chi connectivity index (χ2n) is 8.50. The van der Waals surface area contributed by atoms with Crippen LogP contribution in [0.1, 0.15) is 93.4 Å². The standard InChI is InChI=1S/C21H45N/c1-9-14-21(7,10-2)19(6)12-11-18(5)20(13-15-22-8)16-17(3)4/h17-20,22H,9-16H2,1-8H3/t18?,19-,20+,21+/m0/s1. The lowest BCUT2D eigenvalue weighted by Crippen LogP contribution is -2.26. The van der Waals surface area contributed by atoms with Gasteiger partial charge in [0.1, 0.15) is 0 Å². The molecule has 22 heavy (non-hydrogen) atoms. The van der Waals surface area contributed by atoms with Crippen molar-refractivity contribution in [2.45, 2.75) is 93.4 Å². The molecule has 0 bridgehead atoms. The molecule has 1 heteroatoms. The molecular formula is C21H45N. The van der Waals surface area contributed by atoms with Crippen LogP contribution in [0.5, 0.6) is 0 Å². The molecule has 134 valence electrons. The zero-order chi connectivity index (χ0) is 17.2. The highest BCUT2D eigenvalue weighted by molar-refractivity contribution is 4.80. The van der Waals surface area contributed by atoms with E-state index in [0.29, 0.717) is 5.41 Å². The Morgan fingerprint density at radius 1 is 0.955 bits per heavy atom. The zero-order valence-corrected chi connectivity index (χ0v) is 17.0. The number of hydrogen-bond donors (Lipinski definition) is 1. The minimum atomic E-state index is 0.549. The van der Waals surface area contributed by atoms with Crippen molar-refractivity contribution in [1.82, 2.24) is 5.32 Å². The molecule has 0 spiro atoms. The summed E-state index contributed by atoms with van der Waals surface area (Å²) in [7, 11) is 2.08. The summed E-state index contributed by atoms with van der Waals surface area (Å²) in [5.41, 5.74) is 0.549. The molecule has 0 amide bonds. The van der Waals surface area contributed by atoms with Crippen LogP contribution in [0.2, 0.25) is 0 Å². The maximum atomic E-state index is 3.34. The summed E-state index contributed by atoms with van der Waals surface area (Å²) in [6, 6.07) is 0.